The van der Waals surface area contributed by atoms with Gasteiger partial charge in [0.25, 0.3) is 0 Å². The maximum Gasteiger partial charge on any atom is 0.192 e. The molecule has 0 aromatic heterocycles. The molecule has 0 aliphatic carbocycles. The van der Waals surface area contributed by atoms with Crippen LogP contribution in [0.4, 0.5) is 0 Å². The average molecular weight is 374 g/mol. The number of nitrogens with zero attached hydrogens (tertiary/aromatic N) is 1. The van der Waals surface area contributed by atoms with E-state index in [-0.39, 0.29) is 5.04 Å². The van der Waals surface area contributed by atoms with Gasteiger partial charge in [0.2, 0.25) is 0 Å². The lowest BCUT2D eigenvalue weighted by molar-refractivity contribution is 0.157. The quantitative estimate of drug-likeness (QED) is 0.588. The fraction of sp³-hybridized carbons (Fsp3) is 0.667. The molecule has 23 heavy (non-hydrogen) atoms. The highest BCUT2D eigenvalue weighted by Gasteiger charge is 2.38. The van der Waals surface area contributed by atoms with Gasteiger partial charge in [-0.25, -0.2) is 0 Å². The first-order valence-electron chi connectivity index (χ1n) is 8.43. The molecule has 5 heteroatoms. The predicted octanol–water partition coefficient (Wildman–Crippen LogP) is 5.98. The minimum absolute atomic E-state index is 0.257. The molecule has 1 heterocycles. The zero-order valence-electron chi connectivity index (χ0n) is 15.0. The Morgan fingerprint density at radius 1 is 1.26 bits per heavy atom. The first-order chi connectivity index (χ1) is 10.6. The molecule has 0 unspecified atom stereocenters. The van der Waals surface area contributed by atoms with Gasteiger partial charge in [-0.1, -0.05) is 56.1 Å². The zero-order valence-corrected chi connectivity index (χ0v) is 17.5. The molecule has 1 aromatic rings. The van der Waals surface area contributed by atoms with E-state index >= 15 is 0 Å². The summed E-state index contributed by atoms with van der Waals surface area (Å²) >= 11 is 12.5. The summed E-state index contributed by atoms with van der Waals surface area (Å²) in [6, 6.07) is 6.37. The van der Waals surface area contributed by atoms with Gasteiger partial charge in [-0.2, -0.15) is 0 Å². The maximum atomic E-state index is 6.44. The van der Waals surface area contributed by atoms with E-state index in [1.54, 1.807) is 0 Å². The standard InChI is InChI=1S/C18H29Cl2NOSi/c1-18(2,3)23(4,5)22-13-15-9-7-11-21(15)12-14-8-6-10-16(19)17(14)20/h6,8,10,15H,7,9,11-13H2,1-5H3/t15-/m0/s1. The molecule has 0 N–H and O–H groups in total. The lowest BCUT2D eigenvalue weighted by atomic mass is 10.2. The predicted molar refractivity (Wildman–Crippen MR) is 103 cm³/mol. The van der Waals surface area contributed by atoms with Crippen molar-refractivity contribution in [3.05, 3.63) is 33.8 Å². The van der Waals surface area contributed by atoms with Crippen LogP contribution in [-0.4, -0.2) is 32.4 Å². The summed E-state index contributed by atoms with van der Waals surface area (Å²) in [6.45, 7) is 14.3. The molecular weight excluding hydrogens is 345 g/mol. The molecule has 1 aromatic carbocycles. The number of benzene rings is 1. The number of likely N-dealkylation sites (tertiary alicyclic amines) is 1. The Morgan fingerprint density at radius 2 is 1.96 bits per heavy atom. The highest BCUT2D eigenvalue weighted by Crippen LogP contribution is 2.37. The second-order valence-corrected chi connectivity index (χ2v) is 13.6. The van der Waals surface area contributed by atoms with Crippen molar-refractivity contribution in [3.63, 3.8) is 0 Å². The van der Waals surface area contributed by atoms with Crippen molar-refractivity contribution in [2.24, 2.45) is 0 Å². The van der Waals surface area contributed by atoms with E-state index in [0.29, 0.717) is 16.1 Å². The molecule has 1 aliphatic heterocycles. The molecule has 0 amide bonds. The van der Waals surface area contributed by atoms with Gasteiger partial charge < -0.3 is 4.43 Å². The number of rotatable bonds is 5. The minimum Gasteiger partial charge on any atom is -0.415 e. The van der Waals surface area contributed by atoms with E-state index in [2.05, 4.69) is 44.8 Å². The van der Waals surface area contributed by atoms with Crippen LogP contribution in [0.2, 0.25) is 28.2 Å². The second kappa shape index (κ2) is 7.45. The summed E-state index contributed by atoms with van der Waals surface area (Å²) in [5.74, 6) is 0. The molecule has 1 fully saturated rings. The molecule has 0 spiro atoms. The lowest BCUT2D eigenvalue weighted by Gasteiger charge is -2.38. The van der Waals surface area contributed by atoms with Gasteiger partial charge in [-0.15, -0.1) is 0 Å². The van der Waals surface area contributed by atoms with Crippen molar-refractivity contribution >= 4 is 31.5 Å². The first-order valence-corrected chi connectivity index (χ1v) is 12.1. The molecule has 130 valence electrons. The third-order valence-electron chi connectivity index (χ3n) is 5.35. The fourth-order valence-electron chi connectivity index (χ4n) is 2.70. The molecule has 1 atom stereocenters. The van der Waals surface area contributed by atoms with Crippen LogP contribution in [0.25, 0.3) is 0 Å². The van der Waals surface area contributed by atoms with Gasteiger partial charge >= 0.3 is 0 Å². The lowest BCUT2D eigenvalue weighted by Crippen LogP contribution is -2.44. The van der Waals surface area contributed by atoms with E-state index in [1.807, 2.05) is 12.1 Å². The van der Waals surface area contributed by atoms with Gasteiger partial charge in [0.1, 0.15) is 0 Å². The van der Waals surface area contributed by atoms with Crippen LogP contribution in [0.1, 0.15) is 39.2 Å². The summed E-state index contributed by atoms with van der Waals surface area (Å²) in [5.41, 5.74) is 1.11. The Morgan fingerprint density at radius 3 is 2.61 bits per heavy atom. The summed E-state index contributed by atoms with van der Waals surface area (Å²) in [7, 11) is -1.69. The molecule has 0 saturated carbocycles. The zero-order chi connectivity index (χ0) is 17.3. The number of halogens is 2. The van der Waals surface area contributed by atoms with E-state index in [9.17, 15) is 0 Å². The van der Waals surface area contributed by atoms with Crippen LogP contribution in [0.15, 0.2) is 18.2 Å². The van der Waals surface area contributed by atoms with Crippen molar-refractivity contribution in [2.45, 2.75) is 64.3 Å². The van der Waals surface area contributed by atoms with Gasteiger partial charge in [0.05, 0.1) is 10.0 Å². The largest absolute Gasteiger partial charge is 0.415 e. The molecule has 1 aliphatic rings. The highest BCUT2D eigenvalue weighted by atomic mass is 35.5. The van der Waals surface area contributed by atoms with Crippen LogP contribution in [0.5, 0.6) is 0 Å². The fourth-order valence-corrected chi connectivity index (χ4v) is 4.12. The van der Waals surface area contributed by atoms with Crippen molar-refractivity contribution in [2.75, 3.05) is 13.2 Å². The Labute approximate surface area is 152 Å². The Hall–Kier alpha value is -0.0631. The van der Waals surface area contributed by atoms with E-state index in [1.165, 1.54) is 12.8 Å². The third kappa shape index (κ3) is 4.73. The SMILES string of the molecule is CC(C)(C)[Si](C)(C)OC[C@@H]1CCCN1Cc1cccc(Cl)c1Cl. The molecule has 2 rings (SSSR count). The highest BCUT2D eigenvalue weighted by molar-refractivity contribution is 6.74. The van der Waals surface area contributed by atoms with E-state index in [4.69, 9.17) is 27.6 Å². The summed E-state index contributed by atoms with van der Waals surface area (Å²) in [6.07, 6.45) is 2.43. The Bertz CT molecular complexity index is 542. The molecule has 0 bridgehead atoms. The number of hydrogen-bond donors (Lipinski definition) is 0. The second-order valence-electron chi connectivity index (χ2n) is 8.05. The average Bonchev–Trinajstić information content (AvgIpc) is 2.88. The van der Waals surface area contributed by atoms with Gasteiger partial charge in [-0.3, -0.25) is 4.90 Å². The van der Waals surface area contributed by atoms with Gasteiger partial charge in [0, 0.05) is 19.2 Å². The molecular formula is C18H29Cl2NOSi. The summed E-state index contributed by atoms with van der Waals surface area (Å²) in [4.78, 5) is 2.49. The maximum absolute atomic E-state index is 6.44. The smallest absolute Gasteiger partial charge is 0.192 e. The van der Waals surface area contributed by atoms with Crippen LogP contribution in [0.3, 0.4) is 0 Å². The molecule has 1 saturated heterocycles. The number of hydrogen-bond acceptors (Lipinski definition) is 2. The van der Waals surface area contributed by atoms with Crippen molar-refractivity contribution in [3.8, 4) is 0 Å². The Kier molecular flexibility index (Phi) is 6.24. The molecule has 2 nitrogen and oxygen atoms in total. The summed E-state index contributed by atoms with van der Waals surface area (Å²) < 4.78 is 6.44. The van der Waals surface area contributed by atoms with Crippen LogP contribution < -0.4 is 0 Å². The Balaban J connectivity index is 1.99. The van der Waals surface area contributed by atoms with Crippen LogP contribution in [-0.2, 0) is 11.0 Å². The topological polar surface area (TPSA) is 12.5 Å². The molecule has 0 radical (unpaired) electrons. The third-order valence-corrected chi connectivity index (χ3v) is 10.7. The van der Waals surface area contributed by atoms with Gasteiger partial charge in [-0.05, 0) is 49.1 Å². The van der Waals surface area contributed by atoms with Crippen LogP contribution >= 0.6 is 23.2 Å². The summed E-state index contributed by atoms with van der Waals surface area (Å²) in [5, 5.41) is 1.58. The van der Waals surface area contributed by atoms with Crippen molar-refractivity contribution < 1.29 is 4.43 Å². The van der Waals surface area contributed by atoms with Crippen molar-refractivity contribution in [1.29, 1.82) is 0 Å². The van der Waals surface area contributed by atoms with Gasteiger partial charge in [0.15, 0.2) is 8.32 Å². The van der Waals surface area contributed by atoms with E-state index in [0.717, 1.165) is 25.3 Å². The monoisotopic (exact) mass is 373 g/mol. The minimum atomic E-state index is -1.69. The first kappa shape index (κ1) is 19.3. The van der Waals surface area contributed by atoms with Crippen LogP contribution in [0, 0.1) is 0 Å². The van der Waals surface area contributed by atoms with E-state index < -0.39 is 8.32 Å². The normalized spacial score (nSPS) is 20.2. The van der Waals surface area contributed by atoms with Crippen molar-refractivity contribution in [1.82, 2.24) is 4.90 Å².